The molecule has 0 amide bonds. The van der Waals surface area contributed by atoms with E-state index in [-0.39, 0.29) is 12.5 Å². The number of benzene rings is 1. The van der Waals surface area contributed by atoms with E-state index in [1.165, 1.54) is 4.31 Å². The minimum absolute atomic E-state index is 0.0107. The van der Waals surface area contributed by atoms with E-state index in [1.807, 2.05) is 0 Å². The zero-order valence-corrected chi connectivity index (χ0v) is 12.0. The highest BCUT2D eigenvalue weighted by molar-refractivity contribution is 7.90. The molecule has 2 rings (SSSR count). The molecule has 0 aromatic heterocycles. The van der Waals surface area contributed by atoms with Gasteiger partial charge in [0.25, 0.3) is 0 Å². The van der Waals surface area contributed by atoms with Gasteiger partial charge in [-0.15, -0.1) is 0 Å². The standard InChI is InChI=1S/C12H17ClN2O3S/c13-11-5-1-2-6-12(11)14-19(17,18)15-7-3-4-10(8-15)9-16/h1-2,5-6,10,14,16H,3-4,7-9H2. The van der Waals surface area contributed by atoms with Gasteiger partial charge in [-0.3, -0.25) is 4.72 Å². The second kappa shape index (κ2) is 6.09. The van der Waals surface area contributed by atoms with E-state index in [2.05, 4.69) is 4.72 Å². The van der Waals surface area contributed by atoms with E-state index in [0.717, 1.165) is 12.8 Å². The Hall–Kier alpha value is -0.820. The van der Waals surface area contributed by atoms with Gasteiger partial charge in [0, 0.05) is 19.7 Å². The number of halogens is 1. The molecule has 0 spiro atoms. The largest absolute Gasteiger partial charge is 0.396 e. The van der Waals surface area contributed by atoms with Crippen molar-refractivity contribution in [1.29, 1.82) is 0 Å². The number of nitrogens with one attached hydrogen (secondary N) is 1. The van der Waals surface area contributed by atoms with Crippen LogP contribution in [0.4, 0.5) is 5.69 Å². The number of piperidine rings is 1. The van der Waals surface area contributed by atoms with Crippen molar-refractivity contribution < 1.29 is 13.5 Å². The van der Waals surface area contributed by atoms with Crippen LogP contribution in [0.15, 0.2) is 24.3 Å². The number of aliphatic hydroxyl groups is 1. The number of hydrogen-bond acceptors (Lipinski definition) is 3. The van der Waals surface area contributed by atoms with Crippen LogP contribution in [0.25, 0.3) is 0 Å². The lowest BCUT2D eigenvalue weighted by Gasteiger charge is -2.31. The quantitative estimate of drug-likeness (QED) is 0.889. The zero-order valence-electron chi connectivity index (χ0n) is 10.4. The number of nitrogens with zero attached hydrogens (tertiary/aromatic N) is 1. The van der Waals surface area contributed by atoms with Gasteiger partial charge in [-0.25, -0.2) is 0 Å². The van der Waals surface area contributed by atoms with Crippen LogP contribution in [0.2, 0.25) is 5.02 Å². The number of para-hydroxylation sites is 1. The first kappa shape index (κ1) is 14.6. The molecule has 2 N–H and O–H groups in total. The summed E-state index contributed by atoms with van der Waals surface area (Å²) in [6.07, 6.45) is 1.61. The van der Waals surface area contributed by atoms with Crippen LogP contribution < -0.4 is 4.72 Å². The van der Waals surface area contributed by atoms with Gasteiger partial charge in [0.2, 0.25) is 0 Å². The molecule has 1 saturated heterocycles. The molecule has 1 unspecified atom stereocenters. The van der Waals surface area contributed by atoms with Crippen LogP contribution in [0, 0.1) is 5.92 Å². The molecular formula is C12H17ClN2O3S. The summed E-state index contributed by atoms with van der Waals surface area (Å²) >= 11 is 5.94. The van der Waals surface area contributed by atoms with Crippen LogP contribution >= 0.6 is 11.6 Å². The van der Waals surface area contributed by atoms with Crippen LogP contribution in [0.5, 0.6) is 0 Å². The zero-order chi connectivity index (χ0) is 13.9. The lowest BCUT2D eigenvalue weighted by atomic mass is 10.0. The first-order valence-electron chi connectivity index (χ1n) is 6.16. The van der Waals surface area contributed by atoms with Crippen LogP contribution in [-0.4, -0.2) is 37.5 Å². The molecule has 106 valence electrons. The topological polar surface area (TPSA) is 69.6 Å². The molecule has 0 radical (unpaired) electrons. The fourth-order valence-corrected chi connectivity index (χ4v) is 3.74. The van der Waals surface area contributed by atoms with Crippen molar-refractivity contribution >= 4 is 27.5 Å². The van der Waals surface area contributed by atoms with Crippen molar-refractivity contribution in [3.05, 3.63) is 29.3 Å². The van der Waals surface area contributed by atoms with Gasteiger partial charge in [-0.1, -0.05) is 23.7 Å². The maximum absolute atomic E-state index is 12.2. The fraction of sp³-hybridized carbons (Fsp3) is 0.500. The number of anilines is 1. The van der Waals surface area contributed by atoms with Crippen molar-refractivity contribution in [3.8, 4) is 0 Å². The van der Waals surface area contributed by atoms with Gasteiger partial charge in [0.1, 0.15) is 0 Å². The Bertz CT molecular complexity index is 536. The summed E-state index contributed by atoms with van der Waals surface area (Å²) in [5.74, 6) is 0.0107. The molecule has 1 fully saturated rings. The SMILES string of the molecule is O=S(=O)(Nc1ccccc1Cl)N1CCCC(CO)C1. The van der Waals surface area contributed by atoms with E-state index in [9.17, 15) is 8.42 Å². The summed E-state index contributed by atoms with van der Waals surface area (Å²) in [7, 11) is -3.61. The van der Waals surface area contributed by atoms with Crippen molar-refractivity contribution in [2.24, 2.45) is 5.92 Å². The highest BCUT2D eigenvalue weighted by atomic mass is 35.5. The Labute approximate surface area is 118 Å². The maximum Gasteiger partial charge on any atom is 0.301 e. The van der Waals surface area contributed by atoms with Crippen molar-refractivity contribution in [2.75, 3.05) is 24.4 Å². The van der Waals surface area contributed by atoms with Gasteiger partial charge in [0.15, 0.2) is 0 Å². The summed E-state index contributed by atoms with van der Waals surface area (Å²) < 4.78 is 28.3. The summed E-state index contributed by atoms with van der Waals surface area (Å²) in [6, 6.07) is 6.71. The molecule has 1 aromatic carbocycles. The van der Waals surface area contributed by atoms with E-state index in [0.29, 0.717) is 23.8 Å². The highest BCUT2D eigenvalue weighted by Gasteiger charge is 2.28. The predicted octanol–water partition coefficient (Wildman–Crippen LogP) is 1.70. The van der Waals surface area contributed by atoms with E-state index >= 15 is 0 Å². The van der Waals surface area contributed by atoms with Crippen LogP contribution in [0.3, 0.4) is 0 Å². The molecular weight excluding hydrogens is 288 g/mol. The summed E-state index contributed by atoms with van der Waals surface area (Å²) in [5, 5.41) is 9.51. The molecule has 1 aromatic rings. The molecule has 5 nitrogen and oxygen atoms in total. The molecule has 0 bridgehead atoms. The molecule has 0 saturated carbocycles. The average molecular weight is 305 g/mol. The molecule has 1 aliphatic rings. The second-order valence-electron chi connectivity index (χ2n) is 4.64. The molecule has 1 atom stereocenters. The number of rotatable bonds is 4. The molecule has 0 aliphatic carbocycles. The van der Waals surface area contributed by atoms with Gasteiger partial charge < -0.3 is 5.11 Å². The lowest BCUT2D eigenvalue weighted by molar-refractivity contribution is 0.166. The van der Waals surface area contributed by atoms with E-state index in [1.54, 1.807) is 24.3 Å². The van der Waals surface area contributed by atoms with Crippen LogP contribution in [0.1, 0.15) is 12.8 Å². The third kappa shape index (κ3) is 3.60. The monoisotopic (exact) mass is 304 g/mol. The van der Waals surface area contributed by atoms with Crippen LogP contribution in [-0.2, 0) is 10.2 Å². The third-order valence-corrected chi connectivity index (χ3v) is 5.01. The number of hydrogen-bond donors (Lipinski definition) is 2. The first-order valence-corrected chi connectivity index (χ1v) is 7.98. The van der Waals surface area contributed by atoms with Crippen molar-refractivity contribution in [2.45, 2.75) is 12.8 Å². The normalized spacial score (nSPS) is 21.3. The summed E-state index contributed by atoms with van der Waals surface area (Å²) in [6.45, 7) is 0.824. The van der Waals surface area contributed by atoms with Crippen molar-refractivity contribution in [1.82, 2.24) is 4.31 Å². The van der Waals surface area contributed by atoms with E-state index in [4.69, 9.17) is 16.7 Å². The maximum atomic E-state index is 12.2. The molecule has 1 aliphatic heterocycles. The molecule has 7 heteroatoms. The van der Waals surface area contributed by atoms with Gasteiger partial charge in [-0.05, 0) is 30.9 Å². The first-order chi connectivity index (χ1) is 9.03. The van der Waals surface area contributed by atoms with Gasteiger partial charge >= 0.3 is 10.2 Å². The second-order valence-corrected chi connectivity index (χ2v) is 6.71. The molecule has 19 heavy (non-hydrogen) atoms. The minimum atomic E-state index is -3.61. The molecule has 1 heterocycles. The Morgan fingerprint density at radius 2 is 2.16 bits per heavy atom. The summed E-state index contributed by atoms with van der Waals surface area (Å²) in [4.78, 5) is 0. The number of aliphatic hydroxyl groups excluding tert-OH is 1. The minimum Gasteiger partial charge on any atom is -0.396 e. The lowest BCUT2D eigenvalue weighted by Crippen LogP contribution is -2.43. The smallest absolute Gasteiger partial charge is 0.301 e. The highest BCUT2D eigenvalue weighted by Crippen LogP contribution is 2.24. The third-order valence-electron chi connectivity index (χ3n) is 3.19. The van der Waals surface area contributed by atoms with E-state index < -0.39 is 10.2 Å². The fourth-order valence-electron chi connectivity index (χ4n) is 2.14. The average Bonchev–Trinajstić information content (AvgIpc) is 2.41. The van der Waals surface area contributed by atoms with Gasteiger partial charge in [0.05, 0.1) is 10.7 Å². The summed E-state index contributed by atoms with van der Waals surface area (Å²) in [5.41, 5.74) is 0.371. The Morgan fingerprint density at radius 3 is 2.84 bits per heavy atom. The predicted molar refractivity (Wildman–Crippen MR) is 75.4 cm³/mol. The van der Waals surface area contributed by atoms with Crippen molar-refractivity contribution in [3.63, 3.8) is 0 Å². The Morgan fingerprint density at radius 1 is 1.42 bits per heavy atom. The Kier molecular flexibility index (Phi) is 4.67. The van der Waals surface area contributed by atoms with Gasteiger partial charge in [-0.2, -0.15) is 12.7 Å². The Balaban J connectivity index is 2.12.